The Kier molecular flexibility index (Phi) is 5.20. The molecule has 84 valence electrons. The van der Waals surface area contributed by atoms with E-state index in [0.29, 0.717) is 6.54 Å². The Morgan fingerprint density at radius 1 is 1.60 bits per heavy atom. The van der Waals surface area contributed by atoms with Crippen LogP contribution in [-0.4, -0.2) is 25.0 Å². The van der Waals surface area contributed by atoms with E-state index in [2.05, 4.69) is 23.5 Å². The summed E-state index contributed by atoms with van der Waals surface area (Å²) in [5.74, 6) is 3.43. The number of nitrogens with one attached hydrogen (secondary N) is 2. The maximum Gasteiger partial charge on any atom is 0.234 e. The van der Waals surface area contributed by atoms with Crippen LogP contribution < -0.4 is 10.6 Å². The number of terminal acetylenes is 1. The third-order valence-electron chi connectivity index (χ3n) is 2.57. The van der Waals surface area contributed by atoms with Gasteiger partial charge in [-0.25, -0.2) is 0 Å². The molecule has 1 unspecified atom stereocenters. The molecule has 0 aliphatic heterocycles. The van der Waals surface area contributed by atoms with E-state index < -0.39 is 0 Å². The van der Waals surface area contributed by atoms with Crippen LogP contribution in [0, 0.1) is 18.3 Å². The van der Waals surface area contributed by atoms with Crippen LogP contribution in [0.25, 0.3) is 0 Å². The molecular formula is C12H20N2O. The van der Waals surface area contributed by atoms with E-state index in [1.54, 1.807) is 0 Å². The second-order valence-corrected chi connectivity index (χ2v) is 4.14. The lowest BCUT2D eigenvalue weighted by Gasteiger charge is -2.11. The molecule has 0 aromatic rings. The Morgan fingerprint density at radius 3 is 2.87 bits per heavy atom. The lowest BCUT2D eigenvalue weighted by molar-refractivity contribution is -0.120. The average molecular weight is 208 g/mol. The van der Waals surface area contributed by atoms with Crippen LogP contribution in [0.2, 0.25) is 0 Å². The normalized spacial score (nSPS) is 16.8. The van der Waals surface area contributed by atoms with Gasteiger partial charge in [0.05, 0.1) is 12.6 Å². The number of rotatable bonds is 7. The van der Waals surface area contributed by atoms with Gasteiger partial charge in [0.1, 0.15) is 0 Å². The van der Waals surface area contributed by atoms with Crippen molar-refractivity contribution in [2.75, 3.05) is 13.1 Å². The summed E-state index contributed by atoms with van der Waals surface area (Å²) in [7, 11) is 0. The first-order valence-electron chi connectivity index (χ1n) is 5.72. The molecule has 0 aromatic carbocycles. The highest BCUT2D eigenvalue weighted by Crippen LogP contribution is 2.27. The lowest BCUT2D eigenvalue weighted by atomic mass is 10.2. The van der Waals surface area contributed by atoms with Crippen molar-refractivity contribution < 1.29 is 4.79 Å². The molecule has 1 aliphatic carbocycles. The molecule has 3 heteroatoms. The number of hydrogen-bond donors (Lipinski definition) is 2. The van der Waals surface area contributed by atoms with Crippen molar-refractivity contribution in [1.29, 1.82) is 0 Å². The molecule has 1 amide bonds. The van der Waals surface area contributed by atoms with Gasteiger partial charge in [-0.15, -0.1) is 6.42 Å². The molecule has 3 nitrogen and oxygen atoms in total. The summed E-state index contributed by atoms with van der Waals surface area (Å²) in [4.78, 5) is 11.4. The summed E-state index contributed by atoms with van der Waals surface area (Å²) in [5.41, 5.74) is 0. The zero-order valence-electron chi connectivity index (χ0n) is 9.38. The summed E-state index contributed by atoms with van der Waals surface area (Å²) in [6, 6.07) is 0.0293. The van der Waals surface area contributed by atoms with E-state index in [0.717, 1.165) is 25.3 Å². The first-order valence-corrected chi connectivity index (χ1v) is 5.72. The summed E-state index contributed by atoms with van der Waals surface area (Å²) < 4.78 is 0. The van der Waals surface area contributed by atoms with Gasteiger partial charge in [0.25, 0.3) is 0 Å². The summed E-state index contributed by atoms with van der Waals surface area (Å²) in [6.07, 6.45) is 9.81. The Hall–Kier alpha value is -1.01. The second kappa shape index (κ2) is 6.47. The molecule has 1 atom stereocenters. The number of hydrogen-bond acceptors (Lipinski definition) is 2. The van der Waals surface area contributed by atoms with Crippen molar-refractivity contribution in [2.45, 2.75) is 38.6 Å². The molecular weight excluding hydrogens is 188 g/mol. The Morgan fingerprint density at radius 2 is 2.33 bits per heavy atom. The number of carbonyl (C=O) groups is 1. The van der Waals surface area contributed by atoms with Gasteiger partial charge in [0, 0.05) is 6.54 Å². The largest absolute Gasteiger partial charge is 0.355 e. The Balaban J connectivity index is 2.05. The van der Waals surface area contributed by atoms with Gasteiger partial charge in [0.15, 0.2) is 0 Å². The molecule has 1 saturated carbocycles. The fourth-order valence-corrected chi connectivity index (χ4v) is 1.39. The molecule has 0 radical (unpaired) electrons. The van der Waals surface area contributed by atoms with Crippen LogP contribution in [0.5, 0.6) is 0 Å². The van der Waals surface area contributed by atoms with E-state index >= 15 is 0 Å². The van der Waals surface area contributed by atoms with Crippen molar-refractivity contribution in [3.63, 3.8) is 0 Å². The van der Waals surface area contributed by atoms with Crippen molar-refractivity contribution in [1.82, 2.24) is 10.6 Å². The zero-order chi connectivity index (χ0) is 11.1. The smallest absolute Gasteiger partial charge is 0.234 e. The molecule has 1 aliphatic rings. The lowest BCUT2D eigenvalue weighted by Crippen LogP contribution is -2.39. The van der Waals surface area contributed by atoms with E-state index in [4.69, 9.17) is 6.42 Å². The van der Waals surface area contributed by atoms with Gasteiger partial charge in [-0.1, -0.05) is 19.3 Å². The van der Waals surface area contributed by atoms with E-state index in [9.17, 15) is 4.79 Å². The summed E-state index contributed by atoms with van der Waals surface area (Å²) in [6.45, 7) is 3.25. The fraction of sp³-hybridized carbons (Fsp3) is 0.750. The van der Waals surface area contributed by atoms with Crippen molar-refractivity contribution >= 4 is 5.91 Å². The minimum absolute atomic E-state index is 0.0293. The van der Waals surface area contributed by atoms with E-state index in [1.165, 1.54) is 12.8 Å². The van der Waals surface area contributed by atoms with Crippen LogP contribution >= 0.6 is 0 Å². The van der Waals surface area contributed by atoms with E-state index in [-0.39, 0.29) is 11.9 Å². The standard InChI is InChI=1S/C12H20N2O/c1-3-5-11(4-2)13-9-12(15)14-8-10-6-7-10/h2,10-11,13H,3,5-9H2,1H3,(H,14,15). The maximum absolute atomic E-state index is 11.4. The average Bonchev–Trinajstić information content (AvgIpc) is 3.05. The van der Waals surface area contributed by atoms with Crippen molar-refractivity contribution in [2.24, 2.45) is 5.92 Å². The van der Waals surface area contributed by atoms with Gasteiger partial charge in [-0.3, -0.25) is 10.1 Å². The molecule has 2 N–H and O–H groups in total. The third kappa shape index (κ3) is 5.44. The van der Waals surface area contributed by atoms with Gasteiger partial charge in [0.2, 0.25) is 5.91 Å². The molecule has 0 bridgehead atoms. The number of carbonyl (C=O) groups excluding carboxylic acids is 1. The van der Waals surface area contributed by atoms with Crippen LogP contribution in [0.4, 0.5) is 0 Å². The van der Waals surface area contributed by atoms with Crippen LogP contribution in [0.1, 0.15) is 32.6 Å². The summed E-state index contributed by atoms with van der Waals surface area (Å²) in [5, 5.41) is 5.96. The van der Waals surface area contributed by atoms with Crippen LogP contribution in [0.3, 0.4) is 0 Å². The third-order valence-corrected chi connectivity index (χ3v) is 2.57. The van der Waals surface area contributed by atoms with Gasteiger partial charge in [-0.05, 0) is 25.2 Å². The predicted molar refractivity (Wildman–Crippen MR) is 61.3 cm³/mol. The van der Waals surface area contributed by atoms with Gasteiger partial charge in [-0.2, -0.15) is 0 Å². The molecule has 0 saturated heterocycles. The monoisotopic (exact) mass is 208 g/mol. The van der Waals surface area contributed by atoms with Gasteiger partial charge >= 0.3 is 0 Å². The molecule has 0 spiro atoms. The SMILES string of the molecule is C#CC(CCC)NCC(=O)NCC1CC1. The maximum atomic E-state index is 11.4. The molecule has 0 heterocycles. The van der Waals surface area contributed by atoms with Crippen LogP contribution in [-0.2, 0) is 4.79 Å². The van der Waals surface area contributed by atoms with Crippen LogP contribution in [0.15, 0.2) is 0 Å². The Labute approximate surface area is 92.0 Å². The quantitative estimate of drug-likeness (QED) is 0.610. The highest BCUT2D eigenvalue weighted by atomic mass is 16.1. The van der Waals surface area contributed by atoms with Gasteiger partial charge < -0.3 is 5.32 Å². The molecule has 1 fully saturated rings. The topological polar surface area (TPSA) is 41.1 Å². The Bertz CT molecular complexity index is 240. The van der Waals surface area contributed by atoms with E-state index in [1.807, 2.05) is 0 Å². The predicted octanol–water partition coefficient (Wildman–Crippen LogP) is 0.904. The minimum atomic E-state index is 0.0293. The number of amides is 1. The summed E-state index contributed by atoms with van der Waals surface area (Å²) >= 11 is 0. The molecule has 15 heavy (non-hydrogen) atoms. The molecule has 1 rings (SSSR count). The minimum Gasteiger partial charge on any atom is -0.355 e. The zero-order valence-corrected chi connectivity index (χ0v) is 9.38. The highest BCUT2D eigenvalue weighted by molar-refractivity contribution is 5.78. The first kappa shape index (κ1) is 12.1. The van der Waals surface area contributed by atoms with Crippen molar-refractivity contribution in [3.05, 3.63) is 0 Å². The highest BCUT2D eigenvalue weighted by Gasteiger charge is 2.21. The second-order valence-electron chi connectivity index (χ2n) is 4.14. The fourth-order valence-electron chi connectivity index (χ4n) is 1.39. The first-order chi connectivity index (χ1) is 7.26. The molecule has 0 aromatic heterocycles. The van der Waals surface area contributed by atoms with Crippen molar-refractivity contribution in [3.8, 4) is 12.3 Å².